The lowest BCUT2D eigenvalue weighted by molar-refractivity contribution is -0.115. The number of hydrazone groups is 1. The normalized spacial score (nSPS) is 17.1. The number of imide groups is 1. The molecule has 0 unspecified atom stereocenters. The van der Waals surface area contributed by atoms with Crippen molar-refractivity contribution in [1.29, 1.82) is 0 Å². The molecule has 0 bridgehead atoms. The Kier molecular flexibility index (Phi) is 6.22. The molecule has 0 atom stereocenters. The summed E-state index contributed by atoms with van der Waals surface area (Å²) in [4.78, 5) is 37.7. The smallest absolute Gasteiger partial charge is 0.290 e. The van der Waals surface area contributed by atoms with E-state index in [1.54, 1.807) is 18.2 Å². The molecular weight excluding hydrogens is 502 g/mol. The molecule has 11 heteroatoms. The molecule has 5 rings (SSSR count). The minimum atomic E-state index is -0.916. The van der Waals surface area contributed by atoms with Crippen LogP contribution in [0, 0.1) is 11.6 Å². The Morgan fingerprint density at radius 1 is 1.08 bits per heavy atom. The maximum Gasteiger partial charge on any atom is 0.290 e. The highest BCUT2D eigenvalue weighted by molar-refractivity contribution is 8.18. The fourth-order valence-corrected chi connectivity index (χ4v) is 4.64. The Labute approximate surface area is 213 Å². The van der Waals surface area contributed by atoms with Crippen molar-refractivity contribution in [3.8, 4) is 5.75 Å². The number of benzene rings is 3. The van der Waals surface area contributed by atoms with Crippen LogP contribution in [-0.4, -0.2) is 27.9 Å². The Balaban J connectivity index is 1.47. The highest BCUT2D eigenvalue weighted by atomic mass is 32.2. The number of carbonyl (C=O) groups excluding carboxylic acids is 3. The summed E-state index contributed by atoms with van der Waals surface area (Å²) in [5.41, 5.74) is 4.15. The van der Waals surface area contributed by atoms with Gasteiger partial charge in [-0.3, -0.25) is 30.0 Å². The number of nitrogens with zero attached hydrogens (tertiary/aromatic N) is 2. The van der Waals surface area contributed by atoms with E-state index >= 15 is 0 Å². The van der Waals surface area contributed by atoms with Crippen LogP contribution in [0.2, 0.25) is 0 Å². The molecule has 3 aromatic rings. The molecule has 0 radical (unpaired) electrons. The average Bonchev–Trinajstić information content (AvgIpc) is 3.33. The molecule has 2 aliphatic heterocycles. The number of halogens is 2. The van der Waals surface area contributed by atoms with E-state index < -0.39 is 28.7 Å². The van der Waals surface area contributed by atoms with Crippen molar-refractivity contribution < 1.29 is 28.3 Å². The van der Waals surface area contributed by atoms with Crippen LogP contribution >= 0.6 is 11.8 Å². The van der Waals surface area contributed by atoms with Gasteiger partial charge in [-0.15, -0.1) is 0 Å². The lowest BCUT2D eigenvalue weighted by Gasteiger charge is -2.18. The molecule has 0 aromatic heterocycles. The molecule has 8 nitrogen and oxygen atoms in total. The van der Waals surface area contributed by atoms with Crippen molar-refractivity contribution in [2.45, 2.75) is 13.3 Å². The molecule has 2 aliphatic rings. The second kappa shape index (κ2) is 9.51. The number of amides is 3. The van der Waals surface area contributed by atoms with Crippen LogP contribution in [0.15, 0.2) is 64.6 Å². The number of aryl methyl sites for hydroxylation is 1. The largest absolute Gasteiger partial charge is 0.506 e. The van der Waals surface area contributed by atoms with Gasteiger partial charge < -0.3 is 5.11 Å². The molecule has 3 N–H and O–H groups in total. The van der Waals surface area contributed by atoms with Gasteiger partial charge in [-0.1, -0.05) is 25.1 Å². The topological polar surface area (TPSA) is 111 Å². The molecule has 0 spiro atoms. The molecule has 0 saturated carbocycles. The zero-order valence-electron chi connectivity index (χ0n) is 19.2. The number of phenols is 1. The van der Waals surface area contributed by atoms with Crippen molar-refractivity contribution in [2.75, 3.05) is 10.3 Å². The number of thioether (sulfide) groups is 1. The van der Waals surface area contributed by atoms with E-state index in [9.17, 15) is 28.3 Å². The van der Waals surface area contributed by atoms with Crippen molar-refractivity contribution in [2.24, 2.45) is 5.10 Å². The monoisotopic (exact) mass is 520 g/mol. The first kappa shape index (κ1) is 24.2. The van der Waals surface area contributed by atoms with Crippen LogP contribution in [0.5, 0.6) is 5.75 Å². The standard InChI is InChI=1S/C26H18F2N4O4S/c1-2-13-3-6-16(7-4-13)32-23-17(11-15(27)12-18(23)28)22(25(32)35)31-30-19-8-5-14(9-20(19)33)10-21-24(34)29-26(36)37-21/h3-12,30,33H,2H2,1H3,(H,29,34,36). The van der Waals surface area contributed by atoms with Crippen LogP contribution in [0.1, 0.15) is 23.6 Å². The Morgan fingerprint density at radius 2 is 1.84 bits per heavy atom. The quantitative estimate of drug-likeness (QED) is 0.247. The fraction of sp³-hybridized carbons (Fsp3) is 0.0769. The number of phenolic OH excluding ortho intramolecular Hbond substituents is 1. The minimum absolute atomic E-state index is 0.0376. The summed E-state index contributed by atoms with van der Waals surface area (Å²) < 4.78 is 29.0. The highest BCUT2D eigenvalue weighted by Crippen LogP contribution is 2.39. The van der Waals surface area contributed by atoms with E-state index in [-0.39, 0.29) is 33.3 Å². The molecule has 1 saturated heterocycles. The second-order valence-electron chi connectivity index (χ2n) is 8.15. The van der Waals surface area contributed by atoms with Crippen LogP contribution in [0.3, 0.4) is 0 Å². The molecule has 0 aliphatic carbocycles. The van der Waals surface area contributed by atoms with Crippen molar-refractivity contribution in [3.63, 3.8) is 0 Å². The van der Waals surface area contributed by atoms with Gasteiger partial charge in [0, 0.05) is 17.3 Å². The molecule has 37 heavy (non-hydrogen) atoms. The highest BCUT2D eigenvalue weighted by Gasteiger charge is 2.38. The van der Waals surface area contributed by atoms with Gasteiger partial charge in [-0.05, 0) is 65.7 Å². The maximum absolute atomic E-state index is 14.9. The van der Waals surface area contributed by atoms with Crippen LogP contribution in [0.4, 0.5) is 30.6 Å². The molecule has 186 valence electrons. The molecule has 3 amide bonds. The molecular formula is C26H18F2N4O4S. The van der Waals surface area contributed by atoms with Crippen LogP contribution in [-0.2, 0) is 16.0 Å². The predicted octanol–water partition coefficient (Wildman–Crippen LogP) is 5.05. The van der Waals surface area contributed by atoms with Gasteiger partial charge in [-0.2, -0.15) is 5.10 Å². The van der Waals surface area contributed by atoms with E-state index in [2.05, 4.69) is 15.8 Å². The third-order valence-corrected chi connectivity index (χ3v) is 6.58. The number of hydrogen-bond donors (Lipinski definition) is 3. The summed E-state index contributed by atoms with van der Waals surface area (Å²) in [5.74, 6) is -3.26. The zero-order valence-corrected chi connectivity index (χ0v) is 20.0. The van der Waals surface area contributed by atoms with E-state index in [4.69, 9.17) is 0 Å². The van der Waals surface area contributed by atoms with Gasteiger partial charge in [0.2, 0.25) is 0 Å². The minimum Gasteiger partial charge on any atom is -0.506 e. The fourth-order valence-electron chi connectivity index (χ4n) is 3.95. The summed E-state index contributed by atoms with van der Waals surface area (Å²) >= 11 is 0.741. The maximum atomic E-state index is 14.9. The average molecular weight is 521 g/mol. The Hall–Kier alpha value is -4.51. The summed E-state index contributed by atoms with van der Waals surface area (Å²) in [5, 5.41) is 16.2. The predicted molar refractivity (Wildman–Crippen MR) is 137 cm³/mol. The number of carbonyl (C=O) groups is 3. The number of aromatic hydroxyl groups is 1. The van der Waals surface area contributed by atoms with E-state index in [1.807, 2.05) is 19.1 Å². The number of anilines is 3. The van der Waals surface area contributed by atoms with Crippen molar-refractivity contribution >= 4 is 57.7 Å². The first-order chi connectivity index (χ1) is 17.7. The molecule has 1 fully saturated rings. The molecule has 2 heterocycles. The van der Waals surface area contributed by atoms with Crippen molar-refractivity contribution in [1.82, 2.24) is 5.32 Å². The van der Waals surface area contributed by atoms with Crippen molar-refractivity contribution in [3.05, 3.63) is 87.8 Å². The second-order valence-corrected chi connectivity index (χ2v) is 9.16. The Bertz CT molecular complexity index is 1540. The molecule has 3 aromatic carbocycles. The van der Waals surface area contributed by atoms with Gasteiger partial charge in [0.25, 0.3) is 17.1 Å². The number of hydrogen-bond acceptors (Lipinski definition) is 7. The number of nitrogens with one attached hydrogen (secondary N) is 2. The van der Waals surface area contributed by atoms with Gasteiger partial charge in [0.05, 0.1) is 16.3 Å². The third-order valence-electron chi connectivity index (χ3n) is 5.77. The zero-order chi connectivity index (χ0) is 26.3. The first-order valence-corrected chi connectivity index (χ1v) is 11.9. The summed E-state index contributed by atoms with van der Waals surface area (Å²) in [7, 11) is 0. The van der Waals surface area contributed by atoms with Gasteiger partial charge in [-0.25, -0.2) is 8.78 Å². The summed E-state index contributed by atoms with van der Waals surface area (Å²) in [6.07, 6.45) is 2.22. The van der Waals surface area contributed by atoms with Crippen LogP contribution < -0.4 is 15.6 Å². The number of rotatable bonds is 5. The van der Waals surface area contributed by atoms with Gasteiger partial charge >= 0.3 is 0 Å². The van der Waals surface area contributed by atoms with E-state index in [0.29, 0.717) is 17.3 Å². The number of fused-ring (bicyclic) bond motifs is 1. The van der Waals surface area contributed by atoms with E-state index in [0.717, 1.165) is 34.7 Å². The van der Waals surface area contributed by atoms with E-state index in [1.165, 1.54) is 18.2 Å². The summed E-state index contributed by atoms with van der Waals surface area (Å²) in [6, 6.07) is 13.0. The lowest BCUT2D eigenvalue weighted by atomic mass is 10.1. The first-order valence-electron chi connectivity index (χ1n) is 11.1. The van der Waals surface area contributed by atoms with Gasteiger partial charge in [0.1, 0.15) is 11.6 Å². The lowest BCUT2D eigenvalue weighted by Crippen LogP contribution is -2.26. The Morgan fingerprint density at radius 3 is 2.49 bits per heavy atom. The van der Waals surface area contributed by atoms with Gasteiger partial charge in [0.15, 0.2) is 11.5 Å². The van der Waals surface area contributed by atoms with Crippen LogP contribution in [0.25, 0.3) is 6.08 Å². The third kappa shape index (κ3) is 4.56. The SMILES string of the molecule is CCc1ccc(N2C(=O)C(=NNc3ccc(C=C4SC(=O)NC4=O)cc3O)c3cc(F)cc(F)c32)cc1. The summed E-state index contributed by atoms with van der Waals surface area (Å²) in [6.45, 7) is 1.98.